The van der Waals surface area contributed by atoms with E-state index in [0.717, 1.165) is 0 Å². The Morgan fingerprint density at radius 2 is 2.23 bits per heavy atom. The Hall–Kier alpha value is -2.82. The lowest BCUT2D eigenvalue weighted by Crippen LogP contribution is -2.45. The summed E-state index contributed by atoms with van der Waals surface area (Å²) in [5.74, 6) is -0.779. The number of aromatic nitrogens is 2. The molecule has 1 aromatic heterocycles. The molecule has 3 atom stereocenters. The van der Waals surface area contributed by atoms with Crippen LogP contribution < -0.4 is 5.32 Å². The lowest BCUT2D eigenvalue weighted by atomic mass is 10.1. The van der Waals surface area contributed by atoms with E-state index in [1.165, 1.54) is 23.1 Å². The number of alkyl halides is 1. The van der Waals surface area contributed by atoms with E-state index in [4.69, 9.17) is 0 Å². The highest BCUT2D eigenvalue weighted by atomic mass is 79.9. The Labute approximate surface area is 186 Å². The Morgan fingerprint density at radius 1 is 1.45 bits per heavy atom. The summed E-state index contributed by atoms with van der Waals surface area (Å²) in [6.07, 6.45) is 4.01. The quantitative estimate of drug-likeness (QED) is 0.446. The average molecular weight is 496 g/mol. The van der Waals surface area contributed by atoms with Crippen molar-refractivity contribution in [1.82, 2.24) is 19.8 Å². The number of halogens is 2. The molecule has 0 radical (unpaired) electrons. The monoisotopic (exact) mass is 495 g/mol. The molecule has 11 heteroatoms. The second kappa shape index (κ2) is 9.99. The van der Waals surface area contributed by atoms with Crippen molar-refractivity contribution in [2.45, 2.75) is 38.5 Å². The smallest absolute Gasteiger partial charge is 0.270 e. The molecule has 9 nitrogen and oxygen atoms in total. The third kappa shape index (κ3) is 5.87. The lowest BCUT2D eigenvalue weighted by Gasteiger charge is -2.25. The third-order valence-corrected chi connectivity index (χ3v) is 6.01. The van der Waals surface area contributed by atoms with Gasteiger partial charge in [-0.2, -0.15) is 0 Å². The average Bonchev–Trinajstić information content (AvgIpc) is 3.36. The van der Waals surface area contributed by atoms with Gasteiger partial charge in [0.05, 0.1) is 36.2 Å². The number of benzene rings is 1. The van der Waals surface area contributed by atoms with Gasteiger partial charge >= 0.3 is 0 Å². The number of hydrogen-bond donors (Lipinski definition) is 1. The van der Waals surface area contributed by atoms with E-state index < -0.39 is 17.1 Å². The minimum absolute atomic E-state index is 0.0211. The Bertz CT molecular complexity index is 955. The maximum Gasteiger partial charge on any atom is 0.270 e. The van der Waals surface area contributed by atoms with Crippen molar-refractivity contribution in [2.75, 3.05) is 13.1 Å². The van der Waals surface area contributed by atoms with Crippen molar-refractivity contribution in [3.8, 4) is 0 Å². The zero-order chi connectivity index (χ0) is 22.5. The van der Waals surface area contributed by atoms with E-state index in [0.29, 0.717) is 16.6 Å². The van der Waals surface area contributed by atoms with Crippen molar-refractivity contribution in [2.24, 2.45) is 5.92 Å². The molecule has 3 rings (SSSR count). The Kier molecular flexibility index (Phi) is 7.37. The maximum atomic E-state index is 14.1. The van der Waals surface area contributed by atoms with E-state index in [1.807, 2.05) is 0 Å². The van der Waals surface area contributed by atoms with Gasteiger partial charge < -0.3 is 14.8 Å². The number of likely N-dealkylation sites (tertiary alicyclic amines) is 1. The lowest BCUT2D eigenvalue weighted by molar-refractivity contribution is -0.384. The van der Waals surface area contributed by atoms with Gasteiger partial charge in [-0.1, -0.05) is 28.9 Å². The predicted octanol–water partition coefficient (Wildman–Crippen LogP) is 2.49. The Morgan fingerprint density at radius 3 is 2.87 bits per heavy atom. The molecular formula is C20H23BrFN5O4. The molecule has 1 unspecified atom stereocenters. The highest BCUT2D eigenvalue weighted by molar-refractivity contribution is 9.10. The molecule has 1 saturated heterocycles. The highest BCUT2D eigenvalue weighted by Crippen LogP contribution is 2.26. The molecule has 1 aliphatic rings. The van der Waals surface area contributed by atoms with Crippen molar-refractivity contribution in [3.63, 3.8) is 0 Å². The van der Waals surface area contributed by atoms with Crippen LogP contribution in [0.25, 0.3) is 0 Å². The molecule has 2 amide bonds. The molecule has 166 valence electrons. The van der Waals surface area contributed by atoms with Crippen LogP contribution in [0.15, 0.2) is 41.4 Å². The number of nitro benzene ring substituents is 1. The van der Waals surface area contributed by atoms with Gasteiger partial charge in [-0.25, -0.2) is 9.37 Å². The minimum Gasteiger partial charge on any atom is -0.354 e. The van der Waals surface area contributed by atoms with Crippen LogP contribution in [0.2, 0.25) is 0 Å². The number of carbonyl (C=O) groups excluding carboxylic acids is 2. The summed E-state index contributed by atoms with van der Waals surface area (Å²) in [5.41, 5.74) is 0.494. The van der Waals surface area contributed by atoms with Gasteiger partial charge in [0.1, 0.15) is 6.17 Å². The fraction of sp³-hybridized carbons (Fsp3) is 0.450. The van der Waals surface area contributed by atoms with Crippen molar-refractivity contribution < 1.29 is 18.9 Å². The summed E-state index contributed by atoms with van der Waals surface area (Å²) in [5, 5.41) is 13.7. The standard InChI is InChI=1S/C20H23BrFN5O4/c1-13(10-25-5-4-23-12-25)20(29)24-9-17-7-15(22)11-26(17)19(28)6-14-2-3-16(27(30)31)8-18(14)21/h2-5,8,12-13,15,17H,6-7,9-11H2,1H3,(H,24,29)/t13?,15-,17-/m0/s1. The largest absolute Gasteiger partial charge is 0.354 e. The van der Waals surface area contributed by atoms with E-state index >= 15 is 0 Å². The van der Waals surface area contributed by atoms with Crippen molar-refractivity contribution in [3.05, 3.63) is 57.1 Å². The number of imidazole rings is 1. The van der Waals surface area contributed by atoms with Gasteiger partial charge in [-0.3, -0.25) is 19.7 Å². The number of amides is 2. The summed E-state index contributed by atoms with van der Waals surface area (Å²) in [6, 6.07) is 3.74. The Balaban J connectivity index is 1.58. The molecule has 2 aromatic rings. The number of nitrogens with zero attached hydrogens (tertiary/aromatic N) is 4. The van der Waals surface area contributed by atoms with Crippen LogP contribution in [0, 0.1) is 16.0 Å². The van der Waals surface area contributed by atoms with Gasteiger partial charge in [-0.15, -0.1) is 0 Å². The van der Waals surface area contributed by atoms with Crippen LogP contribution in [0.4, 0.5) is 10.1 Å². The molecule has 1 aliphatic heterocycles. The predicted molar refractivity (Wildman–Crippen MR) is 114 cm³/mol. The fourth-order valence-electron chi connectivity index (χ4n) is 3.60. The fourth-order valence-corrected chi connectivity index (χ4v) is 4.11. The SMILES string of the molecule is CC(Cn1ccnc1)C(=O)NC[C@@H]1C[C@H](F)CN1C(=O)Cc1ccc([N+](=O)[O-])cc1Br. The molecule has 1 aromatic carbocycles. The molecule has 0 bridgehead atoms. The van der Waals surface area contributed by atoms with Gasteiger partial charge in [0, 0.05) is 48.5 Å². The summed E-state index contributed by atoms with van der Waals surface area (Å²) < 4.78 is 16.3. The zero-order valence-electron chi connectivity index (χ0n) is 16.9. The number of nitro groups is 1. The van der Waals surface area contributed by atoms with Crippen LogP contribution >= 0.6 is 15.9 Å². The summed E-state index contributed by atoms with van der Waals surface area (Å²) in [6.45, 7) is 2.39. The van der Waals surface area contributed by atoms with Gasteiger partial charge in [0.25, 0.3) is 5.69 Å². The number of carbonyl (C=O) groups is 2. The van der Waals surface area contributed by atoms with E-state index in [2.05, 4.69) is 26.2 Å². The maximum absolute atomic E-state index is 14.1. The van der Waals surface area contributed by atoms with E-state index in [9.17, 15) is 24.1 Å². The third-order valence-electron chi connectivity index (χ3n) is 5.28. The van der Waals surface area contributed by atoms with Gasteiger partial charge in [-0.05, 0) is 5.56 Å². The van der Waals surface area contributed by atoms with Gasteiger partial charge in [0.2, 0.25) is 11.8 Å². The normalized spacial score (nSPS) is 19.3. The van der Waals surface area contributed by atoms with E-state index in [-0.39, 0.29) is 49.4 Å². The van der Waals surface area contributed by atoms with Crippen molar-refractivity contribution >= 4 is 33.4 Å². The molecule has 31 heavy (non-hydrogen) atoms. The molecule has 0 saturated carbocycles. The molecular weight excluding hydrogens is 473 g/mol. The van der Waals surface area contributed by atoms with Crippen LogP contribution in [-0.4, -0.2) is 56.5 Å². The zero-order valence-corrected chi connectivity index (χ0v) is 18.5. The number of rotatable bonds is 8. The molecule has 0 aliphatic carbocycles. The first kappa shape index (κ1) is 22.9. The van der Waals surface area contributed by atoms with Crippen molar-refractivity contribution in [1.29, 1.82) is 0 Å². The highest BCUT2D eigenvalue weighted by Gasteiger charge is 2.35. The van der Waals surface area contributed by atoms with Gasteiger partial charge in [0.15, 0.2) is 0 Å². The number of hydrogen-bond acceptors (Lipinski definition) is 5. The molecule has 1 N–H and O–H groups in total. The molecule has 2 heterocycles. The summed E-state index contributed by atoms with van der Waals surface area (Å²) in [4.78, 5) is 41.0. The second-order valence-corrected chi connectivity index (χ2v) is 8.50. The van der Waals surface area contributed by atoms with Crippen LogP contribution in [0.5, 0.6) is 0 Å². The van der Waals surface area contributed by atoms with E-state index in [1.54, 1.807) is 30.2 Å². The number of non-ortho nitro benzene ring substituents is 1. The first-order valence-electron chi connectivity index (χ1n) is 9.84. The first-order valence-corrected chi connectivity index (χ1v) is 10.6. The number of nitrogens with one attached hydrogen (secondary N) is 1. The van der Waals surface area contributed by atoms with Crippen LogP contribution in [-0.2, 0) is 22.6 Å². The summed E-state index contributed by atoms with van der Waals surface area (Å²) in [7, 11) is 0. The topological polar surface area (TPSA) is 110 Å². The van der Waals surface area contributed by atoms with Crippen LogP contribution in [0.1, 0.15) is 18.9 Å². The molecule has 1 fully saturated rings. The molecule has 0 spiro atoms. The minimum atomic E-state index is -1.16. The second-order valence-electron chi connectivity index (χ2n) is 7.65. The first-order chi connectivity index (χ1) is 14.7. The van der Waals surface area contributed by atoms with Crippen LogP contribution in [0.3, 0.4) is 0 Å². The summed E-state index contributed by atoms with van der Waals surface area (Å²) >= 11 is 3.26.